The minimum Gasteiger partial charge on any atom is -0.471 e. The van der Waals surface area contributed by atoms with Gasteiger partial charge in [0.15, 0.2) is 6.61 Å². The van der Waals surface area contributed by atoms with E-state index < -0.39 is 36.4 Å². The van der Waals surface area contributed by atoms with Gasteiger partial charge in [0, 0.05) is 25.9 Å². The van der Waals surface area contributed by atoms with Crippen molar-refractivity contribution in [3.63, 3.8) is 0 Å². The molecule has 2 heterocycles. The van der Waals surface area contributed by atoms with E-state index in [9.17, 15) is 35.5 Å². The Kier molecular flexibility index (Phi) is 7.08. The fraction of sp³-hybridized carbons (Fsp3) is 0.471. The van der Waals surface area contributed by atoms with Crippen LogP contribution in [0.5, 0.6) is 5.88 Å². The van der Waals surface area contributed by atoms with Crippen molar-refractivity contribution in [2.45, 2.75) is 37.9 Å². The molecule has 0 aliphatic heterocycles. The second kappa shape index (κ2) is 8.89. The van der Waals surface area contributed by atoms with Crippen molar-refractivity contribution < 1.29 is 40.3 Å². The Bertz CT molecular complexity index is 930. The van der Waals surface area contributed by atoms with Crippen LogP contribution in [0.1, 0.15) is 28.7 Å². The standard InChI is InChI=1S/C17H16ClF7N4O2/c1-3-10-12(18)13(29(2)28-10)14(30)27-7-9-4-5-11(26-6-9)31-8-15(19,20)16(21,22)17(23,24)25/h4-6H,3,7-8H2,1-2H3,(H,27,30). The van der Waals surface area contributed by atoms with Crippen LogP contribution in [0.2, 0.25) is 5.02 Å². The summed E-state index contributed by atoms with van der Waals surface area (Å²) in [7, 11) is 1.53. The number of nitrogens with one attached hydrogen (secondary N) is 1. The zero-order valence-electron chi connectivity index (χ0n) is 16.0. The number of pyridine rings is 1. The van der Waals surface area contributed by atoms with Crippen LogP contribution in [-0.2, 0) is 20.0 Å². The molecule has 14 heteroatoms. The van der Waals surface area contributed by atoms with Crippen molar-refractivity contribution in [3.05, 3.63) is 40.3 Å². The van der Waals surface area contributed by atoms with Gasteiger partial charge < -0.3 is 10.1 Å². The molecule has 0 saturated heterocycles. The Hall–Kier alpha value is -2.57. The van der Waals surface area contributed by atoms with E-state index in [2.05, 4.69) is 20.1 Å². The third-order valence-electron chi connectivity index (χ3n) is 4.07. The molecule has 2 aromatic rings. The molecule has 31 heavy (non-hydrogen) atoms. The number of rotatable bonds is 8. The van der Waals surface area contributed by atoms with E-state index in [0.29, 0.717) is 17.7 Å². The van der Waals surface area contributed by atoms with Crippen molar-refractivity contribution >= 4 is 17.5 Å². The molecule has 172 valence electrons. The van der Waals surface area contributed by atoms with Crippen LogP contribution >= 0.6 is 11.6 Å². The molecule has 6 nitrogen and oxygen atoms in total. The molecule has 0 atom stereocenters. The minimum atomic E-state index is -6.44. The Morgan fingerprint density at radius 2 is 1.84 bits per heavy atom. The number of alkyl halides is 7. The molecule has 1 amide bonds. The number of nitrogens with zero attached hydrogens (tertiary/aromatic N) is 3. The lowest BCUT2D eigenvalue weighted by Gasteiger charge is -2.27. The van der Waals surface area contributed by atoms with Crippen LogP contribution in [0.25, 0.3) is 0 Å². The topological polar surface area (TPSA) is 69.0 Å². The van der Waals surface area contributed by atoms with Gasteiger partial charge in [-0.2, -0.15) is 35.8 Å². The number of hydrogen-bond donors (Lipinski definition) is 1. The summed E-state index contributed by atoms with van der Waals surface area (Å²) in [6.45, 7) is -0.496. The molecule has 0 aromatic carbocycles. The number of amides is 1. The summed E-state index contributed by atoms with van der Waals surface area (Å²) in [6, 6.07) is 2.24. The molecule has 0 fully saturated rings. The van der Waals surface area contributed by atoms with E-state index in [-0.39, 0.29) is 17.3 Å². The van der Waals surface area contributed by atoms with Gasteiger partial charge in [-0.05, 0) is 12.0 Å². The Morgan fingerprint density at radius 1 is 1.19 bits per heavy atom. The van der Waals surface area contributed by atoms with Crippen LogP contribution in [0.3, 0.4) is 0 Å². The van der Waals surface area contributed by atoms with Crippen LogP contribution in [-0.4, -0.2) is 45.3 Å². The number of aryl methyl sites for hydroxylation is 2. The summed E-state index contributed by atoms with van der Waals surface area (Å²) < 4.78 is 94.1. The summed E-state index contributed by atoms with van der Waals surface area (Å²) in [5.41, 5.74) is 1.02. The maximum Gasteiger partial charge on any atom is 0.460 e. The largest absolute Gasteiger partial charge is 0.471 e. The Balaban J connectivity index is 1.97. The first-order chi connectivity index (χ1) is 14.2. The zero-order valence-corrected chi connectivity index (χ0v) is 16.8. The lowest BCUT2D eigenvalue weighted by molar-refractivity contribution is -0.358. The number of carbonyl (C=O) groups is 1. The van der Waals surface area contributed by atoms with Gasteiger partial charge in [0.25, 0.3) is 5.91 Å². The smallest absolute Gasteiger partial charge is 0.460 e. The van der Waals surface area contributed by atoms with E-state index in [4.69, 9.17) is 11.6 Å². The van der Waals surface area contributed by atoms with Crippen molar-refractivity contribution in [2.75, 3.05) is 6.61 Å². The summed E-state index contributed by atoms with van der Waals surface area (Å²) >= 11 is 6.10. The summed E-state index contributed by atoms with van der Waals surface area (Å²) in [6.07, 6.45) is -4.86. The molecule has 0 aliphatic carbocycles. The number of aromatic nitrogens is 3. The van der Waals surface area contributed by atoms with E-state index in [1.165, 1.54) is 17.8 Å². The number of ether oxygens (including phenoxy) is 1. The number of hydrogen-bond acceptors (Lipinski definition) is 4. The van der Waals surface area contributed by atoms with Gasteiger partial charge >= 0.3 is 18.0 Å². The molecule has 0 aliphatic rings. The van der Waals surface area contributed by atoms with Gasteiger partial charge in [0.2, 0.25) is 5.88 Å². The third kappa shape index (κ3) is 5.20. The second-order valence-electron chi connectivity index (χ2n) is 6.34. The van der Waals surface area contributed by atoms with E-state index in [1.807, 2.05) is 6.92 Å². The van der Waals surface area contributed by atoms with Crippen molar-refractivity contribution in [3.8, 4) is 5.88 Å². The maximum absolute atomic E-state index is 13.2. The van der Waals surface area contributed by atoms with E-state index in [0.717, 1.165) is 12.3 Å². The lowest BCUT2D eigenvalue weighted by atomic mass is 10.2. The zero-order chi connectivity index (χ0) is 23.6. The van der Waals surface area contributed by atoms with Crippen LogP contribution in [0, 0.1) is 0 Å². The Morgan fingerprint density at radius 3 is 2.32 bits per heavy atom. The van der Waals surface area contributed by atoms with Gasteiger partial charge in [-0.1, -0.05) is 24.6 Å². The van der Waals surface area contributed by atoms with Gasteiger partial charge in [0.05, 0.1) is 10.7 Å². The first kappa shape index (κ1) is 24.7. The summed E-state index contributed by atoms with van der Waals surface area (Å²) in [5.74, 6) is -12.9. The fourth-order valence-electron chi connectivity index (χ4n) is 2.36. The molecule has 0 radical (unpaired) electrons. The first-order valence-electron chi connectivity index (χ1n) is 8.61. The Labute approximate surface area is 176 Å². The first-order valence-corrected chi connectivity index (χ1v) is 8.98. The van der Waals surface area contributed by atoms with Gasteiger partial charge in [0.1, 0.15) is 5.69 Å². The number of halogens is 8. The molecule has 2 aromatic heterocycles. The number of carbonyl (C=O) groups excluding carboxylic acids is 1. The SMILES string of the molecule is CCc1nn(C)c(C(=O)NCc2ccc(OCC(F)(F)C(F)(F)C(F)(F)F)nc2)c1Cl. The predicted octanol–water partition coefficient (Wildman–Crippen LogP) is 4.17. The maximum atomic E-state index is 13.2. The average molecular weight is 477 g/mol. The van der Waals surface area contributed by atoms with Crippen LogP contribution < -0.4 is 10.1 Å². The molecule has 0 unspecified atom stereocenters. The molecule has 0 saturated carbocycles. The predicted molar refractivity (Wildman–Crippen MR) is 94.4 cm³/mol. The molecule has 0 bridgehead atoms. The highest BCUT2D eigenvalue weighted by Gasteiger charge is 2.73. The highest BCUT2D eigenvalue weighted by Crippen LogP contribution is 2.46. The molecular weight excluding hydrogens is 461 g/mol. The average Bonchev–Trinajstić information content (AvgIpc) is 2.97. The second-order valence-corrected chi connectivity index (χ2v) is 6.72. The van der Waals surface area contributed by atoms with Gasteiger partial charge in [-0.3, -0.25) is 9.48 Å². The third-order valence-corrected chi connectivity index (χ3v) is 4.47. The molecule has 1 N–H and O–H groups in total. The normalized spacial score (nSPS) is 12.7. The summed E-state index contributed by atoms with van der Waals surface area (Å²) in [4.78, 5) is 15.8. The quantitative estimate of drug-likeness (QED) is 0.581. The van der Waals surface area contributed by atoms with Crippen LogP contribution in [0.4, 0.5) is 30.7 Å². The van der Waals surface area contributed by atoms with Gasteiger partial charge in [-0.15, -0.1) is 0 Å². The molecule has 0 spiro atoms. The highest BCUT2D eigenvalue weighted by molar-refractivity contribution is 6.34. The molecule has 2 rings (SSSR count). The van der Waals surface area contributed by atoms with Crippen molar-refractivity contribution in [1.82, 2.24) is 20.1 Å². The van der Waals surface area contributed by atoms with Gasteiger partial charge in [-0.25, -0.2) is 4.98 Å². The fourth-order valence-corrected chi connectivity index (χ4v) is 2.74. The summed E-state index contributed by atoms with van der Waals surface area (Å²) in [5, 5.41) is 6.83. The minimum absolute atomic E-state index is 0.0720. The molecular formula is C17H16ClF7N4O2. The highest BCUT2D eigenvalue weighted by atomic mass is 35.5. The monoisotopic (exact) mass is 476 g/mol. The van der Waals surface area contributed by atoms with Crippen molar-refractivity contribution in [2.24, 2.45) is 7.05 Å². The van der Waals surface area contributed by atoms with E-state index >= 15 is 0 Å². The lowest BCUT2D eigenvalue weighted by Crippen LogP contribution is -2.54. The van der Waals surface area contributed by atoms with Crippen molar-refractivity contribution in [1.29, 1.82) is 0 Å². The van der Waals surface area contributed by atoms with E-state index in [1.54, 1.807) is 0 Å². The van der Waals surface area contributed by atoms with Crippen LogP contribution in [0.15, 0.2) is 18.3 Å².